The monoisotopic (exact) mass is 180 g/mol. The van der Waals surface area contributed by atoms with E-state index in [1.807, 2.05) is 0 Å². The van der Waals surface area contributed by atoms with E-state index in [9.17, 15) is 4.79 Å². The Balaban J connectivity index is 3.52. The van der Waals surface area contributed by atoms with E-state index in [4.69, 9.17) is 4.74 Å². The number of Topliss-reactive ketones (excluding diaryl/α,β-unsaturated/α-hetero) is 1. The highest BCUT2D eigenvalue weighted by Crippen LogP contribution is 1.95. The molecule has 0 fully saturated rings. The fourth-order valence-corrected chi connectivity index (χ4v) is 1.06. The molecule has 0 aromatic heterocycles. The Morgan fingerprint density at radius 2 is 2.38 bits per heavy atom. The van der Waals surface area contributed by atoms with E-state index in [0.717, 1.165) is 0 Å². The van der Waals surface area contributed by atoms with Gasteiger partial charge in [0.2, 0.25) is 0 Å². The standard InChI is InChI=1S/C5H9BrO2/c1-4(7)5(3-6)8-2/h5H,3H2,1-2H3. The van der Waals surface area contributed by atoms with Gasteiger partial charge in [-0.2, -0.15) is 0 Å². The zero-order chi connectivity index (χ0) is 6.57. The molecule has 0 bridgehead atoms. The van der Waals surface area contributed by atoms with Gasteiger partial charge in [0, 0.05) is 12.4 Å². The number of hydrogen-bond donors (Lipinski definition) is 0. The van der Waals surface area contributed by atoms with Crippen LogP contribution in [0.25, 0.3) is 0 Å². The van der Waals surface area contributed by atoms with Gasteiger partial charge in [0.15, 0.2) is 5.78 Å². The van der Waals surface area contributed by atoms with E-state index in [1.54, 1.807) is 0 Å². The summed E-state index contributed by atoms with van der Waals surface area (Å²) in [6.45, 7) is 1.51. The van der Waals surface area contributed by atoms with Gasteiger partial charge in [-0.15, -0.1) is 0 Å². The van der Waals surface area contributed by atoms with E-state index in [1.165, 1.54) is 14.0 Å². The molecular formula is C5H9BrO2. The molecule has 0 saturated carbocycles. The average molecular weight is 181 g/mol. The molecule has 1 unspecified atom stereocenters. The van der Waals surface area contributed by atoms with E-state index >= 15 is 0 Å². The molecule has 1 atom stereocenters. The molecule has 0 spiro atoms. The van der Waals surface area contributed by atoms with Gasteiger partial charge in [-0.3, -0.25) is 4.79 Å². The van der Waals surface area contributed by atoms with Crippen molar-refractivity contribution in [3.05, 3.63) is 0 Å². The van der Waals surface area contributed by atoms with Crippen molar-refractivity contribution in [2.75, 3.05) is 12.4 Å². The van der Waals surface area contributed by atoms with Crippen molar-refractivity contribution >= 4 is 21.7 Å². The summed E-state index contributed by atoms with van der Waals surface area (Å²) in [4.78, 5) is 10.5. The third kappa shape index (κ3) is 2.43. The summed E-state index contributed by atoms with van der Waals surface area (Å²) in [5.74, 6) is 0.0596. The second-order valence-corrected chi connectivity index (χ2v) is 2.14. The molecule has 2 nitrogen and oxygen atoms in total. The summed E-state index contributed by atoms with van der Waals surface area (Å²) in [7, 11) is 1.52. The predicted molar refractivity (Wildman–Crippen MR) is 35.3 cm³/mol. The highest BCUT2D eigenvalue weighted by atomic mass is 79.9. The minimum absolute atomic E-state index is 0.0596. The van der Waals surface area contributed by atoms with E-state index in [0.29, 0.717) is 5.33 Å². The van der Waals surface area contributed by atoms with Crippen molar-refractivity contribution in [2.24, 2.45) is 0 Å². The molecule has 0 aliphatic rings. The van der Waals surface area contributed by atoms with Gasteiger partial charge >= 0.3 is 0 Å². The minimum Gasteiger partial charge on any atom is -0.373 e. The number of methoxy groups -OCH3 is 1. The van der Waals surface area contributed by atoms with Gasteiger partial charge in [-0.25, -0.2) is 0 Å². The lowest BCUT2D eigenvalue weighted by molar-refractivity contribution is -0.125. The highest BCUT2D eigenvalue weighted by Gasteiger charge is 2.08. The summed E-state index contributed by atoms with van der Waals surface area (Å²) < 4.78 is 4.76. The first kappa shape index (κ1) is 8.11. The predicted octanol–water partition coefficient (Wildman–Crippen LogP) is 0.985. The molecule has 0 aliphatic heterocycles. The summed E-state index contributed by atoms with van der Waals surface area (Å²) in [5, 5.41) is 0.582. The number of halogens is 1. The number of ketones is 1. The van der Waals surface area contributed by atoms with Crippen LogP contribution < -0.4 is 0 Å². The van der Waals surface area contributed by atoms with Crippen LogP contribution in [0.5, 0.6) is 0 Å². The van der Waals surface area contributed by atoms with Crippen LogP contribution >= 0.6 is 15.9 Å². The molecule has 0 radical (unpaired) electrons. The Morgan fingerprint density at radius 3 is 2.38 bits per heavy atom. The zero-order valence-electron chi connectivity index (χ0n) is 4.98. The molecule has 8 heavy (non-hydrogen) atoms. The summed E-state index contributed by atoms with van der Waals surface area (Å²) in [6.07, 6.45) is -0.269. The summed E-state index contributed by atoms with van der Waals surface area (Å²) in [5.41, 5.74) is 0. The van der Waals surface area contributed by atoms with Gasteiger partial charge in [0.1, 0.15) is 6.10 Å². The van der Waals surface area contributed by atoms with Crippen molar-refractivity contribution in [1.29, 1.82) is 0 Å². The Kier molecular flexibility index (Phi) is 4.09. The average Bonchev–Trinajstić information content (AvgIpc) is 1.69. The maximum atomic E-state index is 10.5. The Morgan fingerprint density at radius 1 is 1.88 bits per heavy atom. The first-order valence-electron chi connectivity index (χ1n) is 2.31. The van der Waals surface area contributed by atoms with Crippen molar-refractivity contribution in [3.8, 4) is 0 Å². The quantitative estimate of drug-likeness (QED) is 0.606. The van der Waals surface area contributed by atoms with Crippen LogP contribution in [0.15, 0.2) is 0 Å². The lowest BCUT2D eigenvalue weighted by Crippen LogP contribution is -2.21. The van der Waals surface area contributed by atoms with Gasteiger partial charge in [-0.05, 0) is 6.92 Å². The smallest absolute Gasteiger partial charge is 0.159 e. The normalized spacial score (nSPS) is 13.4. The number of hydrogen-bond acceptors (Lipinski definition) is 2. The first-order valence-corrected chi connectivity index (χ1v) is 3.43. The van der Waals surface area contributed by atoms with Crippen LogP contribution in [-0.4, -0.2) is 24.3 Å². The maximum Gasteiger partial charge on any atom is 0.159 e. The Labute approximate surface area is 57.3 Å². The Hall–Kier alpha value is 0.110. The molecular weight excluding hydrogens is 172 g/mol. The molecule has 3 heteroatoms. The van der Waals surface area contributed by atoms with Crippen LogP contribution in [0.2, 0.25) is 0 Å². The molecule has 0 amide bonds. The van der Waals surface area contributed by atoms with Crippen LogP contribution in [0.3, 0.4) is 0 Å². The van der Waals surface area contributed by atoms with Crippen LogP contribution in [0.1, 0.15) is 6.92 Å². The lowest BCUT2D eigenvalue weighted by Gasteiger charge is -2.05. The van der Waals surface area contributed by atoms with Gasteiger partial charge < -0.3 is 4.74 Å². The number of alkyl halides is 1. The molecule has 0 rings (SSSR count). The molecule has 0 aromatic rings. The maximum absolute atomic E-state index is 10.5. The van der Waals surface area contributed by atoms with Crippen LogP contribution in [-0.2, 0) is 9.53 Å². The second kappa shape index (κ2) is 4.04. The van der Waals surface area contributed by atoms with E-state index in [2.05, 4.69) is 15.9 Å². The largest absolute Gasteiger partial charge is 0.373 e. The molecule has 0 aromatic carbocycles. The zero-order valence-corrected chi connectivity index (χ0v) is 6.56. The fraction of sp³-hybridized carbons (Fsp3) is 0.800. The topological polar surface area (TPSA) is 26.3 Å². The molecule has 0 heterocycles. The number of rotatable bonds is 3. The fourth-order valence-electron chi connectivity index (χ4n) is 0.338. The third-order valence-corrected chi connectivity index (χ3v) is 1.47. The second-order valence-electron chi connectivity index (χ2n) is 1.49. The van der Waals surface area contributed by atoms with Gasteiger partial charge in [0.25, 0.3) is 0 Å². The molecule has 0 N–H and O–H groups in total. The first-order chi connectivity index (χ1) is 3.72. The molecule has 0 saturated heterocycles. The Bertz CT molecular complexity index is 78.5. The summed E-state index contributed by atoms with van der Waals surface area (Å²) >= 11 is 3.13. The van der Waals surface area contributed by atoms with Crippen molar-refractivity contribution in [2.45, 2.75) is 13.0 Å². The van der Waals surface area contributed by atoms with Crippen molar-refractivity contribution < 1.29 is 9.53 Å². The number of ether oxygens (including phenoxy) is 1. The van der Waals surface area contributed by atoms with Crippen molar-refractivity contribution in [3.63, 3.8) is 0 Å². The third-order valence-electron chi connectivity index (χ3n) is 0.878. The highest BCUT2D eigenvalue weighted by molar-refractivity contribution is 9.09. The molecule has 0 aliphatic carbocycles. The van der Waals surface area contributed by atoms with Gasteiger partial charge in [-0.1, -0.05) is 15.9 Å². The van der Waals surface area contributed by atoms with Gasteiger partial charge in [0.05, 0.1) is 0 Å². The lowest BCUT2D eigenvalue weighted by atomic mass is 10.3. The van der Waals surface area contributed by atoms with Crippen LogP contribution in [0.4, 0.5) is 0 Å². The number of carbonyl (C=O) groups is 1. The summed E-state index contributed by atoms with van der Waals surface area (Å²) in [6, 6.07) is 0. The van der Waals surface area contributed by atoms with E-state index in [-0.39, 0.29) is 11.9 Å². The van der Waals surface area contributed by atoms with E-state index < -0.39 is 0 Å². The SMILES string of the molecule is COC(CBr)C(C)=O. The number of carbonyl (C=O) groups excluding carboxylic acids is 1. The minimum atomic E-state index is -0.269. The molecule has 48 valence electrons. The van der Waals surface area contributed by atoms with Crippen molar-refractivity contribution in [1.82, 2.24) is 0 Å². The van der Waals surface area contributed by atoms with Crippen LogP contribution in [0, 0.1) is 0 Å².